The smallest absolute Gasteiger partial charge is 0.134 e. The highest BCUT2D eigenvalue weighted by Gasteiger charge is 2.60. The molecule has 1 aliphatic heterocycles. The summed E-state index contributed by atoms with van der Waals surface area (Å²) in [6.07, 6.45) is 11.0. The van der Waals surface area contributed by atoms with Gasteiger partial charge in [0.1, 0.15) is 16.8 Å². The van der Waals surface area contributed by atoms with Crippen molar-refractivity contribution in [2.75, 3.05) is 0 Å². The van der Waals surface area contributed by atoms with E-state index in [0.717, 1.165) is 16.7 Å². The van der Waals surface area contributed by atoms with Gasteiger partial charge >= 0.3 is 0 Å². The molecule has 2 nitrogen and oxygen atoms in total. The third-order valence-electron chi connectivity index (χ3n) is 5.51. The maximum Gasteiger partial charge on any atom is 0.134 e. The summed E-state index contributed by atoms with van der Waals surface area (Å²) in [5.41, 5.74) is 1.46. The van der Waals surface area contributed by atoms with Crippen molar-refractivity contribution in [3.63, 3.8) is 0 Å². The van der Waals surface area contributed by atoms with Crippen LogP contribution in [0.1, 0.15) is 31.4 Å². The summed E-state index contributed by atoms with van der Waals surface area (Å²) in [5.74, 6) is 0. The Labute approximate surface area is 155 Å². The van der Waals surface area contributed by atoms with Gasteiger partial charge in [0.15, 0.2) is 0 Å². The Bertz CT molecular complexity index is 817. The fraction of sp³-hybridized carbons (Fsp3) is 0.250. The van der Waals surface area contributed by atoms with Crippen molar-refractivity contribution in [3.05, 3.63) is 108 Å². The molecule has 0 saturated carbocycles. The Hall–Kier alpha value is -2.42. The van der Waals surface area contributed by atoms with E-state index in [2.05, 4.69) is 44.2 Å². The van der Waals surface area contributed by atoms with Crippen molar-refractivity contribution in [1.82, 2.24) is 0 Å². The van der Waals surface area contributed by atoms with E-state index in [1.807, 2.05) is 60.7 Å². The van der Waals surface area contributed by atoms with E-state index in [1.165, 1.54) is 0 Å². The van der Waals surface area contributed by atoms with E-state index in [9.17, 15) is 5.11 Å². The van der Waals surface area contributed by atoms with Crippen LogP contribution in [-0.2, 0) is 10.3 Å². The van der Waals surface area contributed by atoms with Crippen LogP contribution in [0.25, 0.3) is 0 Å². The predicted molar refractivity (Wildman–Crippen MR) is 105 cm³/mol. The second-order valence-electron chi connectivity index (χ2n) is 7.57. The fourth-order valence-corrected chi connectivity index (χ4v) is 3.65. The van der Waals surface area contributed by atoms with Gasteiger partial charge in [0.25, 0.3) is 0 Å². The minimum absolute atomic E-state index is 0.125. The molecule has 0 bridgehead atoms. The molecule has 2 heteroatoms. The van der Waals surface area contributed by atoms with Gasteiger partial charge in [-0.2, -0.15) is 0 Å². The first kappa shape index (κ1) is 17.0. The van der Waals surface area contributed by atoms with Crippen LogP contribution in [0.5, 0.6) is 0 Å². The fourth-order valence-electron chi connectivity index (χ4n) is 3.65. The standard InChI is InChI=1S/C24H24O2/c1-22(2)23(26-22)16-13-19(14-17-23)15-18-24(25,20-9-5-3-6-10-20)21-11-7-4-8-12-21/h3-17,25H,18H2,1-2H3. The third kappa shape index (κ3) is 2.86. The van der Waals surface area contributed by atoms with Crippen LogP contribution < -0.4 is 0 Å². The number of rotatable bonds is 4. The molecule has 0 atom stereocenters. The molecule has 0 radical (unpaired) electrons. The molecule has 2 aromatic carbocycles. The molecule has 0 aromatic heterocycles. The molecule has 1 fully saturated rings. The van der Waals surface area contributed by atoms with Crippen LogP contribution in [0.3, 0.4) is 0 Å². The number of benzene rings is 2. The first-order valence-electron chi connectivity index (χ1n) is 9.08. The van der Waals surface area contributed by atoms with Gasteiger partial charge in [0, 0.05) is 6.42 Å². The summed E-state index contributed by atoms with van der Waals surface area (Å²) in [5, 5.41) is 11.6. The van der Waals surface area contributed by atoms with Crippen molar-refractivity contribution in [2.45, 2.75) is 37.1 Å². The monoisotopic (exact) mass is 344 g/mol. The Balaban J connectivity index is 1.62. The first-order chi connectivity index (χ1) is 12.5. The largest absolute Gasteiger partial charge is 0.380 e. The van der Waals surface area contributed by atoms with Crippen LogP contribution in [0.15, 0.2) is 96.6 Å². The lowest BCUT2D eigenvalue weighted by Gasteiger charge is -2.28. The second-order valence-corrected chi connectivity index (χ2v) is 7.57. The molecule has 2 aromatic rings. The number of ether oxygens (including phenoxy) is 1. The third-order valence-corrected chi connectivity index (χ3v) is 5.51. The van der Waals surface area contributed by atoms with Crippen molar-refractivity contribution in [2.24, 2.45) is 0 Å². The molecule has 1 N–H and O–H groups in total. The average Bonchev–Trinajstić information content (AvgIpc) is 3.21. The molecular formula is C24H24O2. The van der Waals surface area contributed by atoms with E-state index < -0.39 is 5.60 Å². The highest BCUT2D eigenvalue weighted by molar-refractivity contribution is 5.47. The van der Waals surface area contributed by atoms with E-state index in [0.29, 0.717) is 6.42 Å². The van der Waals surface area contributed by atoms with Crippen molar-refractivity contribution in [3.8, 4) is 0 Å². The van der Waals surface area contributed by atoms with E-state index in [4.69, 9.17) is 4.74 Å². The van der Waals surface area contributed by atoms with Crippen molar-refractivity contribution in [1.29, 1.82) is 0 Å². The summed E-state index contributed by atoms with van der Waals surface area (Å²) in [4.78, 5) is 0. The van der Waals surface area contributed by atoms with Gasteiger partial charge in [0.05, 0.1) is 0 Å². The van der Waals surface area contributed by atoms with Crippen LogP contribution in [0.4, 0.5) is 0 Å². The predicted octanol–water partition coefficient (Wildman–Crippen LogP) is 4.91. The maximum absolute atomic E-state index is 11.6. The van der Waals surface area contributed by atoms with Crippen LogP contribution in [0.2, 0.25) is 0 Å². The zero-order chi connectivity index (χ0) is 18.3. The molecule has 2 aliphatic rings. The zero-order valence-electron chi connectivity index (χ0n) is 15.2. The van der Waals surface area contributed by atoms with Crippen molar-refractivity contribution < 1.29 is 9.84 Å². The number of allylic oxidation sites excluding steroid dienone is 3. The number of hydrogen-bond acceptors (Lipinski definition) is 2. The summed E-state index contributed by atoms with van der Waals surface area (Å²) in [7, 11) is 0. The van der Waals surface area contributed by atoms with Gasteiger partial charge in [0.2, 0.25) is 0 Å². The lowest BCUT2D eigenvalue weighted by molar-refractivity contribution is 0.0840. The molecule has 4 rings (SSSR count). The molecule has 0 unspecified atom stereocenters. The van der Waals surface area contributed by atoms with Crippen LogP contribution in [-0.4, -0.2) is 16.3 Å². The van der Waals surface area contributed by atoms with Gasteiger partial charge in [-0.3, -0.25) is 0 Å². The van der Waals surface area contributed by atoms with Gasteiger partial charge in [-0.15, -0.1) is 0 Å². The number of hydrogen-bond donors (Lipinski definition) is 1. The maximum atomic E-state index is 11.6. The average molecular weight is 344 g/mol. The van der Waals surface area contributed by atoms with Crippen LogP contribution >= 0.6 is 0 Å². The highest BCUT2D eigenvalue weighted by Crippen LogP contribution is 2.51. The van der Waals surface area contributed by atoms with Gasteiger partial charge in [-0.1, -0.05) is 78.9 Å². The van der Waals surface area contributed by atoms with Gasteiger partial charge in [-0.25, -0.2) is 0 Å². The molecule has 1 saturated heterocycles. The lowest BCUT2D eigenvalue weighted by Crippen LogP contribution is -2.26. The Kier molecular flexibility index (Phi) is 3.98. The minimum Gasteiger partial charge on any atom is -0.380 e. The summed E-state index contributed by atoms with van der Waals surface area (Å²) in [6, 6.07) is 19.7. The quantitative estimate of drug-likeness (QED) is 0.799. The van der Waals surface area contributed by atoms with Gasteiger partial charge < -0.3 is 9.84 Å². The number of aliphatic hydroxyl groups is 1. The topological polar surface area (TPSA) is 32.8 Å². The summed E-state index contributed by atoms with van der Waals surface area (Å²) in [6.45, 7) is 4.19. The summed E-state index contributed by atoms with van der Waals surface area (Å²) < 4.78 is 5.81. The molecule has 26 heavy (non-hydrogen) atoms. The van der Waals surface area contributed by atoms with E-state index in [1.54, 1.807) is 0 Å². The highest BCUT2D eigenvalue weighted by atomic mass is 16.6. The first-order valence-corrected chi connectivity index (χ1v) is 9.08. The molecular weight excluding hydrogens is 320 g/mol. The Morgan fingerprint density at radius 1 is 0.885 bits per heavy atom. The second kappa shape index (κ2) is 6.08. The normalized spacial score (nSPS) is 23.3. The molecule has 0 amide bonds. The Morgan fingerprint density at radius 2 is 1.35 bits per heavy atom. The van der Waals surface area contributed by atoms with E-state index >= 15 is 0 Å². The van der Waals surface area contributed by atoms with Crippen LogP contribution in [0, 0.1) is 0 Å². The molecule has 1 aliphatic carbocycles. The molecule has 1 spiro atoms. The Morgan fingerprint density at radius 3 is 1.77 bits per heavy atom. The van der Waals surface area contributed by atoms with Gasteiger partial charge in [-0.05, 0) is 42.7 Å². The molecule has 1 heterocycles. The minimum atomic E-state index is -1.05. The molecule has 132 valence electrons. The lowest BCUT2D eigenvalue weighted by atomic mass is 9.82. The SMILES string of the molecule is CC1(C)OC12C=CC(=CCC(O)(c1ccccc1)c1ccccc1)C=C2. The summed E-state index contributed by atoms with van der Waals surface area (Å²) >= 11 is 0. The van der Waals surface area contributed by atoms with Crippen molar-refractivity contribution >= 4 is 0 Å². The zero-order valence-corrected chi connectivity index (χ0v) is 15.2. The van der Waals surface area contributed by atoms with E-state index in [-0.39, 0.29) is 11.2 Å². The number of epoxide rings is 1.